The topological polar surface area (TPSA) is 51.6 Å². The standard InChI is InChI=1S/C53H36N4S/c1-33-29-47(54-32-42(33)36-19-7-4-8-20-36)37-30-41(52-56-34(2)55-51(57-52)39-22-10-9-21-38(39)35-17-5-3-6-18-35)50-40-23-11-12-24-43(40)53(46(50)31-37)44-25-13-15-27-48(44)58-49-28-16-14-26-45(49)53/h3-32H,1-2H3. The van der Waals surface area contributed by atoms with Crippen molar-refractivity contribution in [2.45, 2.75) is 29.1 Å². The SMILES string of the molecule is Cc1nc(-c2ccccc2-c2ccccc2)nc(-c2cc(-c3cc(C)c(-c4ccccc4)cn3)cc3c2-c2ccccc2C32c3ccccc3Sc3ccccc32)n1. The number of hydrogen-bond acceptors (Lipinski definition) is 5. The summed E-state index contributed by atoms with van der Waals surface area (Å²) < 4.78 is 0. The molecule has 0 bridgehead atoms. The molecule has 2 aromatic heterocycles. The Morgan fingerprint density at radius 3 is 1.60 bits per heavy atom. The van der Waals surface area contributed by atoms with E-state index >= 15 is 0 Å². The van der Waals surface area contributed by atoms with Gasteiger partial charge in [-0.2, -0.15) is 0 Å². The summed E-state index contributed by atoms with van der Waals surface area (Å²) in [6, 6.07) is 63.0. The summed E-state index contributed by atoms with van der Waals surface area (Å²) in [4.78, 5) is 23.2. The molecular formula is C53H36N4S. The summed E-state index contributed by atoms with van der Waals surface area (Å²) in [5, 5.41) is 0. The van der Waals surface area contributed by atoms with Crippen LogP contribution in [0.1, 0.15) is 33.6 Å². The van der Waals surface area contributed by atoms with Crippen molar-refractivity contribution < 1.29 is 0 Å². The zero-order chi connectivity index (χ0) is 38.8. The van der Waals surface area contributed by atoms with Crippen molar-refractivity contribution in [3.8, 4) is 67.4 Å². The van der Waals surface area contributed by atoms with E-state index in [9.17, 15) is 0 Å². The van der Waals surface area contributed by atoms with Gasteiger partial charge in [0, 0.05) is 38.2 Å². The predicted octanol–water partition coefficient (Wildman–Crippen LogP) is 13.0. The highest BCUT2D eigenvalue weighted by Crippen LogP contribution is 2.63. The first-order valence-electron chi connectivity index (χ1n) is 19.6. The average molecular weight is 761 g/mol. The number of nitrogens with zero attached hydrogens (tertiary/aromatic N) is 4. The normalized spacial score (nSPS) is 13.1. The van der Waals surface area contributed by atoms with Crippen LogP contribution >= 0.6 is 11.8 Å². The lowest BCUT2D eigenvalue weighted by Crippen LogP contribution is -2.32. The highest BCUT2D eigenvalue weighted by atomic mass is 32.2. The Balaban J connectivity index is 1.22. The van der Waals surface area contributed by atoms with Gasteiger partial charge in [0.1, 0.15) is 5.82 Å². The number of benzene rings is 7. The van der Waals surface area contributed by atoms with E-state index in [1.807, 2.05) is 30.9 Å². The van der Waals surface area contributed by atoms with Crippen molar-refractivity contribution in [1.29, 1.82) is 0 Å². The van der Waals surface area contributed by atoms with E-state index in [-0.39, 0.29) is 0 Å². The van der Waals surface area contributed by atoms with Crippen LogP contribution in [-0.4, -0.2) is 19.9 Å². The van der Waals surface area contributed by atoms with Gasteiger partial charge in [-0.15, -0.1) is 0 Å². The van der Waals surface area contributed by atoms with Crippen molar-refractivity contribution in [3.05, 3.63) is 216 Å². The van der Waals surface area contributed by atoms with E-state index in [2.05, 4.69) is 177 Å². The van der Waals surface area contributed by atoms with Gasteiger partial charge in [0.05, 0.1) is 11.1 Å². The minimum absolute atomic E-state index is 0.584. The Bertz CT molecular complexity index is 3020. The van der Waals surface area contributed by atoms with E-state index in [0.29, 0.717) is 17.5 Å². The first-order valence-corrected chi connectivity index (χ1v) is 20.4. The maximum absolute atomic E-state index is 5.39. The second kappa shape index (κ2) is 13.6. The Morgan fingerprint density at radius 1 is 0.414 bits per heavy atom. The van der Waals surface area contributed by atoms with Crippen LogP contribution in [0.2, 0.25) is 0 Å². The van der Waals surface area contributed by atoms with Crippen LogP contribution in [0.25, 0.3) is 67.4 Å². The van der Waals surface area contributed by atoms with Crippen LogP contribution in [0, 0.1) is 13.8 Å². The van der Waals surface area contributed by atoms with E-state index in [1.165, 1.54) is 37.6 Å². The van der Waals surface area contributed by atoms with Crippen molar-refractivity contribution in [2.75, 3.05) is 0 Å². The molecule has 3 heterocycles. The van der Waals surface area contributed by atoms with Crippen LogP contribution in [-0.2, 0) is 5.41 Å². The fourth-order valence-corrected chi connectivity index (χ4v) is 10.4. The second-order valence-corrected chi connectivity index (χ2v) is 16.1. The molecule has 0 amide bonds. The summed E-state index contributed by atoms with van der Waals surface area (Å²) in [5.41, 5.74) is 16.2. The number of hydrogen-bond donors (Lipinski definition) is 0. The third kappa shape index (κ3) is 5.31. The lowest BCUT2D eigenvalue weighted by molar-refractivity contribution is 0.722. The van der Waals surface area contributed by atoms with Gasteiger partial charge < -0.3 is 0 Å². The van der Waals surface area contributed by atoms with Crippen LogP contribution in [0.15, 0.2) is 192 Å². The summed E-state index contributed by atoms with van der Waals surface area (Å²) in [7, 11) is 0. The molecule has 1 spiro atoms. The van der Waals surface area contributed by atoms with Crippen LogP contribution < -0.4 is 0 Å². The van der Waals surface area contributed by atoms with Gasteiger partial charge >= 0.3 is 0 Å². The molecule has 0 saturated carbocycles. The fraction of sp³-hybridized carbons (Fsp3) is 0.0566. The van der Waals surface area contributed by atoms with Gasteiger partial charge in [-0.1, -0.05) is 157 Å². The van der Waals surface area contributed by atoms with Crippen LogP contribution in [0.5, 0.6) is 0 Å². The van der Waals surface area contributed by atoms with E-state index in [0.717, 1.165) is 55.8 Å². The lowest BCUT2D eigenvalue weighted by atomic mass is 9.67. The molecule has 4 nitrogen and oxygen atoms in total. The maximum atomic E-state index is 5.39. The number of aryl methyl sites for hydroxylation is 2. The van der Waals surface area contributed by atoms with Gasteiger partial charge in [0.15, 0.2) is 11.6 Å². The minimum Gasteiger partial charge on any atom is -0.256 e. The van der Waals surface area contributed by atoms with Gasteiger partial charge in [-0.05, 0) is 99.8 Å². The average Bonchev–Trinajstić information content (AvgIpc) is 3.57. The fourth-order valence-electron chi connectivity index (χ4n) is 9.20. The van der Waals surface area contributed by atoms with Gasteiger partial charge in [0.2, 0.25) is 0 Å². The molecular weight excluding hydrogens is 725 g/mol. The van der Waals surface area contributed by atoms with Gasteiger partial charge in [-0.3, -0.25) is 4.98 Å². The molecule has 9 aromatic rings. The molecule has 0 radical (unpaired) electrons. The van der Waals surface area contributed by atoms with Crippen molar-refractivity contribution >= 4 is 11.8 Å². The van der Waals surface area contributed by atoms with E-state index in [1.54, 1.807) is 0 Å². The van der Waals surface area contributed by atoms with E-state index in [4.69, 9.17) is 19.9 Å². The molecule has 2 aliphatic rings. The monoisotopic (exact) mass is 760 g/mol. The van der Waals surface area contributed by atoms with Crippen LogP contribution in [0.3, 0.4) is 0 Å². The third-order valence-electron chi connectivity index (χ3n) is 11.7. The second-order valence-electron chi connectivity index (χ2n) is 15.0. The summed E-state index contributed by atoms with van der Waals surface area (Å²) in [6.07, 6.45) is 2.02. The van der Waals surface area contributed by atoms with Crippen molar-refractivity contribution in [3.63, 3.8) is 0 Å². The molecule has 0 N–H and O–H groups in total. The molecule has 0 saturated heterocycles. The minimum atomic E-state index is -0.584. The number of fused-ring (bicyclic) bond motifs is 9. The largest absolute Gasteiger partial charge is 0.256 e. The molecule has 1 aliphatic carbocycles. The summed E-state index contributed by atoms with van der Waals surface area (Å²) in [6.45, 7) is 4.15. The molecule has 0 atom stereocenters. The Morgan fingerprint density at radius 2 is 0.948 bits per heavy atom. The molecule has 274 valence electrons. The van der Waals surface area contributed by atoms with E-state index < -0.39 is 5.41 Å². The number of aromatic nitrogens is 4. The zero-order valence-electron chi connectivity index (χ0n) is 32.0. The Labute approximate surface area is 342 Å². The molecule has 5 heteroatoms. The third-order valence-corrected chi connectivity index (χ3v) is 12.8. The molecule has 7 aromatic carbocycles. The highest BCUT2D eigenvalue weighted by molar-refractivity contribution is 7.99. The Kier molecular flexibility index (Phi) is 8.05. The van der Waals surface area contributed by atoms with Gasteiger partial charge in [-0.25, -0.2) is 15.0 Å². The summed E-state index contributed by atoms with van der Waals surface area (Å²) in [5.74, 6) is 1.95. The zero-order valence-corrected chi connectivity index (χ0v) is 32.8. The van der Waals surface area contributed by atoms with Crippen molar-refractivity contribution in [2.24, 2.45) is 0 Å². The van der Waals surface area contributed by atoms with Crippen LogP contribution in [0.4, 0.5) is 0 Å². The maximum Gasteiger partial charge on any atom is 0.164 e. The Hall–Kier alpha value is -6.95. The molecule has 0 fully saturated rings. The lowest BCUT2D eigenvalue weighted by Gasteiger charge is -2.39. The predicted molar refractivity (Wildman–Crippen MR) is 236 cm³/mol. The molecule has 58 heavy (non-hydrogen) atoms. The molecule has 0 unspecified atom stereocenters. The smallest absolute Gasteiger partial charge is 0.164 e. The first-order chi connectivity index (χ1) is 28.6. The molecule has 11 rings (SSSR count). The van der Waals surface area contributed by atoms with Crippen molar-refractivity contribution in [1.82, 2.24) is 19.9 Å². The van der Waals surface area contributed by atoms with Gasteiger partial charge in [0.25, 0.3) is 0 Å². The molecule has 1 aliphatic heterocycles. The highest BCUT2D eigenvalue weighted by Gasteiger charge is 2.51. The summed E-state index contributed by atoms with van der Waals surface area (Å²) >= 11 is 1.85. The number of rotatable bonds is 5. The number of pyridine rings is 1. The first kappa shape index (κ1) is 34.3. The quantitative estimate of drug-likeness (QED) is 0.175.